The average Bonchev–Trinajstić information content (AvgIpc) is 2.97. The Morgan fingerprint density at radius 2 is 1.52 bits per heavy atom. The van der Waals surface area contributed by atoms with Gasteiger partial charge in [-0.25, -0.2) is 8.42 Å². The number of piperidine rings is 2. The summed E-state index contributed by atoms with van der Waals surface area (Å²) >= 11 is 12.5. The predicted molar refractivity (Wildman–Crippen MR) is 171 cm³/mol. The van der Waals surface area contributed by atoms with Crippen LogP contribution in [0.2, 0.25) is 10.0 Å². The Morgan fingerprint density at radius 3 is 2.10 bits per heavy atom. The second-order valence-corrected chi connectivity index (χ2v) is 14.4. The Morgan fingerprint density at radius 1 is 0.905 bits per heavy atom. The molecular weight excluding hydrogens is 595 g/mol. The molecule has 2 aliphatic rings. The van der Waals surface area contributed by atoms with Gasteiger partial charge in [0.2, 0.25) is 21.8 Å². The Hall–Kier alpha value is -2.33. The monoisotopic (exact) mass is 636 g/mol. The summed E-state index contributed by atoms with van der Waals surface area (Å²) in [4.78, 5) is 31.6. The highest BCUT2D eigenvalue weighted by Gasteiger charge is 2.30. The zero-order valence-electron chi connectivity index (χ0n) is 24.8. The summed E-state index contributed by atoms with van der Waals surface area (Å²) in [5.41, 5.74) is 2.66. The number of anilines is 2. The average molecular weight is 638 g/mol. The molecule has 8 nitrogen and oxygen atoms in total. The molecule has 2 aromatic carbocycles. The summed E-state index contributed by atoms with van der Waals surface area (Å²) in [7, 11) is -1.70. The maximum Gasteiger partial charge on any atom is 0.231 e. The van der Waals surface area contributed by atoms with Gasteiger partial charge in [-0.2, -0.15) is 0 Å². The third-order valence-corrected chi connectivity index (χ3v) is 10.6. The van der Waals surface area contributed by atoms with E-state index in [9.17, 15) is 18.0 Å². The molecule has 2 fully saturated rings. The van der Waals surface area contributed by atoms with E-state index in [1.807, 2.05) is 40.1 Å². The fourth-order valence-corrected chi connectivity index (χ4v) is 6.71. The van der Waals surface area contributed by atoms with Gasteiger partial charge in [-0.05, 0) is 100.0 Å². The Kier molecular flexibility index (Phi) is 11.2. The van der Waals surface area contributed by atoms with Crippen LogP contribution < -0.4 is 9.21 Å². The van der Waals surface area contributed by atoms with Crippen molar-refractivity contribution in [3.8, 4) is 0 Å². The molecule has 2 amide bonds. The summed E-state index contributed by atoms with van der Waals surface area (Å²) in [5, 5.41) is 0.889. The smallest absolute Gasteiger partial charge is 0.231 e. The predicted octanol–water partition coefficient (Wildman–Crippen LogP) is 5.33. The molecule has 0 spiro atoms. The number of hydrogen-bond donors (Lipinski definition) is 0. The van der Waals surface area contributed by atoms with Crippen LogP contribution in [0.3, 0.4) is 0 Å². The third kappa shape index (κ3) is 8.62. The van der Waals surface area contributed by atoms with Gasteiger partial charge in [-0.15, -0.1) is 0 Å². The van der Waals surface area contributed by atoms with Crippen LogP contribution in [0.25, 0.3) is 0 Å². The zero-order chi connectivity index (χ0) is 30.4. The third-order valence-electron chi connectivity index (χ3n) is 8.66. The second-order valence-electron chi connectivity index (χ2n) is 11.6. The molecule has 42 heavy (non-hydrogen) atoms. The van der Waals surface area contributed by atoms with Crippen LogP contribution in [-0.4, -0.2) is 82.6 Å². The first-order valence-electron chi connectivity index (χ1n) is 14.7. The van der Waals surface area contributed by atoms with Gasteiger partial charge < -0.3 is 14.7 Å². The van der Waals surface area contributed by atoms with Crippen molar-refractivity contribution >= 4 is 56.4 Å². The molecule has 2 aromatic rings. The molecule has 2 saturated heterocycles. The quantitative estimate of drug-likeness (QED) is 0.352. The Labute approximate surface area is 260 Å². The van der Waals surface area contributed by atoms with Gasteiger partial charge in [-0.3, -0.25) is 13.9 Å². The van der Waals surface area contributed by atoms with Gasteiger partial charge in [0, 0.05) is 45.2 Å². The molecule has 2 heterocycles. The molecule has 0 radical (unpaired) electrons. The SMILES string of the molecule is CC(=O)N1CCC(C(=O)N(CCCN2CCC(Cc3ccc(N(C)S(C)(=O)=O)cc3)CC2)c2ccc(Cl)c(Cl)c2)CC1. The number of sulfonamides is 1. The molecule has 0 aliphatic carbocycles. The van der Waals surface area contributed by atoms with E-state index in [1.54, 1.807) is 26.1 Å². The number of carbonyl (C=O) groups is 2. The van der Waals surface area contributed by atoms with Gasteiger partial charge in [0.1, 0.15) is 0 Å². The lowest BCUT2D eigenvalue weighted by Crippen LogP contribution is -2.45. The molecule has 4 rings (SSSR count). The minimum atomic E-state index is -3.27. The van der Waals surface area contributed by atoms with Gasteiger partial charge >= 0.3 is 0 Å². The molecular formula is C31H42Cl2N4O4S. The van der Waals surface area contributed by atoms with Gasteiger partial charge in [0.05, 0.1) is 22.0 Å². The van der Waals surface area contributed by atoms with Gasteiger partial charge in [0.25, 0.3) is 0 Å². The van der Waals surface area contributed by atoms with Crippen molar-refractivity contribution in [1.82, 2.24) is 9.80 Å². The first-order valence-corrected chi connectivity index (χ1v) is 17.3. The molecule has 11 heteroatoms. The van der Waals surface area contributed by atoms with Crippen LogP contribution in [0.5, 0.6) is 0 Å². The Bertz CT molecular complexity index is 1340. The zero-order valence-corrected chi connectivity index (χ0v) is 27.1. The highest BCUT2D eigenvalue weighted by atomic mass is 35.5. The van der Waals surface area contributed by atoms with E-state index in [0.29, 0.717) is 54.1 Å². The normalized spacial score (nSPS) is 17.3. The Balaban J connectivity index is 1.28. The van der Waals surface area contributed by atoms with E-state index in [-0.39, 0.29) is 17.7 Å². The lowest BCUT2D eigenvalue weighted by molar-refractivity contribution is -0.133. The van der Waals surface area contributed by atoms with Crippen molar-refractivity contribution in [1.29, 1.82) is 0 Å². The van der Waals surface area contributed by atoms with Crippen LogP contribution in [0.4, 0.5) is 11.4 Å². The number of benzene rings is 2. The van der Waals surface area contributed by atoms with E-state index < -0.39 is 10.0 Å². The highest BCUT2D eigenvalue weighted by Crippen LogP contribution is 2.30. The fourth-order valence-electron chi connectivity index (χ4n) is 5.91. The van der Waals surface area contributed by atoms with Crippen LogP contribution in [0, 0.1) is 11.8 Å². The number of halogens is 2. The van der Waals surface area contributed by atoms with E-state index in [4.69, 9.17) is 23.2 Å². The first-order chi connectivity index (χ1) is 19.9. The van der Waals surface area contributed by atoms with E-state index in [1.165, 1.54) is 16.1 Å². The summed E-state index contributed by atoms with van der Waals surface area (Å²) in [6.45, 7) is 6.33. The highest BCUT2D eigenvalue weighted by molar-refractivity contribution is 7.92. The van der Waals surface area contributed by atoms with Crippen molar-refractivity contribution in [2.24, 2.45) is 11.8 Å². The van der Waals surface area contributed by atoms with Crippen molar-refractivity contribution in [3.63, 3.8) is 0 Å². The van der Waals surface area contributed by atoms with E-state index >= 15 is 0 Å². The number of rotatable bonds is 10. The van der Waals surface area contributed by atoms with Crippen LogP contribution >= 0.6 is 23.2 Å². The lowest BCUT2D eigenvalue weighted by Gasteiger charge is -2.35. The second kappa shape index (κ2) is 14.4. The maximum absolute atomic E-state index is 13.7. The van der Waals surface area contributed by atoms with Crippen molar-refractivity contribution < 1.29 is 18.0 Å². The standard InChI is InChI=1S/C31H42Cl2N4O4S/c1-23(38)36-19-13-26(14-20-36)31(39)37(28-9-10-29(32)30(33)22-28)16-4-15-35-17-11-25(12-18-35)21-24-5-7-27(8-6-24)34(2)42(3,40)41/h5-10,22,25-26H,4,11-21H2,1-3H3. The van der Waals surface area contributed by atoms with E-state index in [2.05, 4.69) is 4.90 Å². The number of nitrogens with zero attached hydrogens (tertiary/aromatic N) is 4. The van der Waals surface area contributed by atoms with Crippen LogP contribution in [-0.2, 0) is 26.0 Å². The van der Waals surface area contributed by atoms with Gasteiger partial charge in [-0.1, -0.05) is 35.3 Å². The fraction of sp³-hybridized carbons (Fsp3) is 0.548. The van der Waals surface area contributed by atoms with Crippen molar-refractivity contribution in [2.75, 3.05) is 61.8 Å². The summed E-state index contributed by atoms with van der Waals surface area (Å²) in [5.74, 6) is 0.618. The number of carbonyl (C=O) groups excluding carboxylic acids is 2. The lowest BCUT2D eigenvalue weighted by atomic mass is 9.90. The largest absolute Gasteiger partial charge is 0.343 e. The summed E-state index contributed by atoms with van der Waals surface area (Å²) in [6.07, 6.45) is 6.58. The number of amides is 2. The minimum Gasteiger partial charge on any atom is -0.343 e. The number of hydrogen-bond acceptors (Lipinski definition) is 5. The minimum absolute atomic E-state index is 0.0568. The molecule has 0 aromatic heterocycles. The van der Waals surface area contributed by atoms with E-state index in [0.717, 1.165) is 51.0 Å². The summed E-state index contributed by atoms with van der Waals surface area (Å²) < 4.78 is 24.9. The molecule has 230 valence electrons. The maximum atomic E-state index is 13.7. The molecule has 2 aliphatic heterocycles. The van der Waals surface area contributed by atoms with Crippen molar-refractivity contribution in [2.45, 2.75) is 45.4 Å². The van der Waals surface area contributed by atoms with Crippen LogP contribution in [0.15, 0.2) is 42.5 Å². The summed E-state index contributed by atoms with van der Waals surface area (Å²) in [6, 6.07) is 13.2. The molecule has 0 saturated carbocycles. The molecule has 0 atom stereocenters. The van der Waals surface area contributed by atoms with Crippen molar-refractivity contribution in [3.05, 3.63) is 58.1 Å². The topological polar surface area (TPSA) is 81.2 Å². The molecule has 0 unspecified atom stereocenters. The van der Waals surface area contributed by atoms with Gasteiger partial charge in [0.15, 0.2) is 0 Å². The first kappa shape index (κ1) is 32.6. The molecule has 0 N–H and O–H groups in total. The number of likely N-dealkylation sites (tertiary alicyclic amines) is 2. The van der Waals surface area contributed by atoms with Crippen LogP contribution in [0.1, 0.15) is 44.6 Å². The molecule has 0 bridgehead atoms.